The monoisotopic (exact) mass is 252 g/mol. The minimum absolute atomic E-state index is 0.159. The Labute approximate surface area is 100 Å². The first-order chi connectivity index (χ1) is 7.14. The molecule has 0 aliphatic heterocycles. The van der Waals surface area contributed by atoms with Crippen LogP contribution in [0.3, 0.4) is 0 Å². The summed E-state index contributed by atoms with van der Waals surface area (Å²) in [5.74, 6) is 0.827. The van der Waals surface area contributed by atoms with Crippen molar-refractivity contribution in [1.82, 2.24) is 0 Å². The van der Waals surface area contributed by atoms with Crippen LogP contribution < -0.4 is 0 Å². The van der Waals surface area contributed by atoms with Gasteiger partial charge in [0.1, 0.15) is 0 Å². The zero-order valence-corrected chi connectivity index (χ0v) is 12.2. The fraction of sp³-hybridized carbons (Fsp3) is 1.00. The van der Waals surface area contributed by atoms with Crippen molar-refractivity contribution in [2.75, 3.05) is 19.0 Å². The summed E-state index contributed by atoms with van der Waals surface area (Å²) in [5.41, 5.74) is 0. The van der Waals surface area contributed by atoms with Crippen molar-refractivity contribution < 1.29 is 13.3 Å². The summed E-state index contributed by atoms with van der Waals surface area (Å²) in [6, 6.07) is 0.825. The lowest BCUT2D eigenvalue weighted by Gasteiger charge is -2.30. The number of hydrogen-bond acceptors (Lipinski definition) is 4. The van der Waals surface area contributed by atoms with Crippen molar-refractivity contribution in [1.29, 1.82) is 0 Å². The van der Waals surface area contributed by atoms with Gasteiger partial charge in [-0.3, -0.25) is 0 Å². The van der Waals surface area contributed by atoms with Gasteiger partial charge in [0.25, 0.3) is 0 Å². The number of hydrogen-bond donors (Lipinski definition) is 1. The van der Waals surface area contributed by atoms with Gasteiger partial charge in [-0.05, 0) is 32.9 Å². The summed E-state index contributed by atoms with van der Waals surface area (Å²) in [6.45, 7) is 9.35. The van der Waals surface area contributed by atoms with Gasteiger partial charge >= 0.3 is 8.80 Å². The van der Waals surface area contributed by atoms with E-state index < -0.39 is 8.80 Å². The van der Waals surface area contributed by atoms with Crippen LogP contribution in [0.2, 0.25) is 6.04 Å². The standard InChI is InChI=1S/C10H24O3SSi/c1-5-11-15(7-3,12-6-2)13-10(4)8-9-14/h10,14H,5-9H2,1-4H3. The molecule has 0 aromatic heterocycles. The van der Waals surface area contributed by atoms with E-state index in [2.05, 4.69) is 19.6 Å². The average Bonchev–Trinajstić information content (AvgIpc) is 2.18. The third-order valence-electron chi connectivity index (χ3n) is 2.08. The lowest BCUT2D eigenvalue weighted by Crippen LogP contribution is -2.47. The molecule has 0 amide bonds. The highest BCUT2D eigenvalue weighted by molar-refractivity contribution is 7.80. The van der Waals surface area contributed by atoms with Crippen molar-refractivity contribution in [3.8, 4) is 0 Å². The predicted octanol–water partition coefficient (Wildman–Crippen LogP) is 2.74. The minimum Gasteiger partial charge on any atom is -0.374 e. The second-order valence-corrected chi connectivity index (χ2v) is 6.68. The predicted molar refractivity (Wildman–Crippen MR) is 68.5 cm³/mol. The molecule has 92 valence electrons. The fourth-order valence-electron chi connectivity index (χ4n) is 1.38. The summed E-state index contributed by atoms with van der Waals surface area (Å²) in [5, 5.41) is 0. The smallest absolute Gasteiger partial charge is 0.374 e. The van der Waals surface area contributed by atoms with E-state index in [1.165, 1.54) is 0 Å². The maximum atomic E-state index is 5.95. The van der Waals surface area contributed by atoms with E-state index >= 15 is 0 Å². The van der Waals surface area contributed by atoms with Gasteiger partial charge in [-0.2, -0.15) is 12.6 Å². The van der Waals surface area contributed by atoms with Crippen molar-refractivity contribution in [3.05, 3.63) is 0 Å². The third kappa shape index (κ3) is 5.92. The van der Waals surface area contributed by atoms with E-state index in [1.54, 1.807) is 0 Å². The van der Waals surface area contributed by atoms with Crippen LogP contribution in [0, 0.1) is 0 Å². The third-order valence-corrected chi connectivity index (χ3v) is 5.42. The Morgan fingerprint density at radius 2 is 1.67 bits per heavy atom. The highest BCUT2D eigenvalue weighted by Crippen LogP contribution is 2.18. The van der Waals surface area contributed by atoms with Gasteiger partial charge in [-0.25, -0.2) is 0 Å². The molecular weight excluding hydrogens is 228 g/mol. The van der Waals surface area contributed by atoms with Crippen LogP contribution >= 0.6 is 12.6 Å². The Morgan fingerprint density at radius 3 is 2.00 bits per heavy atom. The SMILES string of the molecule is CCO[Si](CC)(OCC)OC(C)CCS. The van der Waals surface area contributed by atoms with E-state index in [9.17, 15) is 0 Å². The van der Waals surface area contributed by atoms with Gasteiger partial charge in [-0.1, -0.05) is 6.92 Å². The molecule has 15 heavy (non-hydrogen) atoms. The molecule has 0 aliphatic rings. The van der Waals surface area contributed by atoms with Crippen molar-refractivity contribution in [2.45, 2.75) is 46.3 Å². The normalized spacial score (nSPS) is 14.2. The highest BCUT2D eigenvalue weighted by Gasteiger charge is 2.39. The minimum atomic E-state index is -2.40. The van der Waals surface area contributed by atoms with Crippen LogP contribution in [0.4, 0.5) is 0 Å². The lowest BCUT2D eigenvalue weighted by molar-refractivity contribution is 0.0386. The molecule has 0 N–H and O–H groups in total. The lowest BCUT2D eigenvalue weighted by atomic mass is 10.3. The van der Waals surface area contributed by atoms with Crippen molar-refractivity contribution >= 4 is 21.4 Å². The van der Waals surface area contributed by atoms with Gasteiger partial charge < -0.3 is 13.3 Å². The van der Waals surface area contributed by atoms with Crippen LogP contribution in [0.15, 0.2) is 0 Å². The van der Waals surface area contributed by atoms with Crippen LogP contribution in [-0.2, 0) is 13.3 Å². The molecule has 0 saturated heterocycles. The first-order valence-corrected chi connectivity index (χ1v) is 8.27. The first kappa shape index (κ1) is 15.4. The molecular formula is C10H24O3SSi. The van der Waals surface area contributed by atoms with Gasteiger partial charge in [0.2, 0.25) is 0 Å². The van der Waals surface area contributed by atoms with Crippen LogP contribution in [0.1, 0.15) is 34.1 Å². The highest BCUT2D eigenvalue weighted by atomic mass is 32.1. The fourth-order valence-corrected chi connectivity index (χ4v) is 4.15. The van der Waals surface area contributed by atoms with Gasteiger partial charge in [-0.15, -0.1) is 0 Å². The largest absolute Gasteiger partial charge is 0.500 e. The summed E-state index contributed by atoms with van der Waals surface area (Å²) in [6.07, 6.45) is 1.09. The quantitative estimate of drug-likeness (QED) is 0.505. The van der Waals surface area contributed by atoms with Gasteiger partial charge in [0.05, 0.1) is 0 Å². The van der Waals surface area contributed by atoms with Crippen LogP contribution in [-0.4, -0.2) is 33.9 Å². The maximum absolute atomic E-state index is 5.95. The molecule has 5 heteroatoms. The summed E-state index contributed by atoms with van der Waals surface area (Å²) < 4.78 is 17.4. The summed E-state index contributed by atoms with van der Waals surface area (Å²) in [4.78, 5) is 0. The molecule has 0 bridgehead atoms. The number of rotatable bonds is 9. The second kappa shape index (κ2) is 8.58. The van der Waals surface area contributed by atoms with Crippen molar-refractivity contribution in [2.24, 2.45) is 0 Å². The van der Waals surface area contributed by atoms with Gasteiger partial charge in [0, 0.05) is 25.4 Å². The second-order valence-electron chi connectivity index (χ2n) is 3.34. The Kier molecular flexibility index (Phi) is 8.84. The zero-order chi connectivity index (χ0) is 11.7. The van der Waals surface area contributed by atoms with Crippen LogP contribution in [0.25, 0.3) is 0 Å². The Morgan fingerprint density at radius 1 is 1.13 bits per heavy atom. The molecule has 0 rings (SSSR count). The molecule has 0 aromatic carbocycles. The summed E-state index contributed by atoms with van der Waals surface area (Å²) >= 11 is 4.20. The first-order valence-electron chi connectivity index (χ1n) is 5.70. The molecule has 0 radical (unpaired) electrons. The molecule has 1 atom stereocenters. The number of thiol groups is 1. The van der Waals surface area contributed by atoms with E-state index in [4.69, 9.17) is 13.3 Å². The molecule has 0 spiro atoms. The average molecular weight is 252 g/mol. The van der Waals surface area contributed by atoms with E-state index in [0.29, 0.717) is 13.2 Å². The molecule has 0 aliphatic carbocycles. The van der Waals surface area contributed by atoms with E-state index in [1.807, 2.05) is 20.8 Å². The van der Waals surface area contributed by atoms with Crippen molar-refractivity contribution in [3.63, 3.8) is 0 Å². The molecule has 0 fully saturated rings. The molecule has 0 aromatic rings. The van der Waals surface area contributed by atoms with Crippen LogP contribution in [0.5, 0.6) is 0 Å². The molecule has 1 unspecified atom stereocenters. The topological polar surface area (TPSA) is 27.7 Å². The Bertz CT molecular complexity index is 152. The van der Waals surface area contributed by atoms with E-state index in [0.717, 1.165) is 18.2 Å². The zero-order valence-electron chi connectivity index (χ0n) is 10.3. The Hall–Kier alpha value is 0.447. The molecule has 3 nitrogen and oxygen atoms in total. The molecule has 0 saturated carbocycles. The van der Waals surface area contributed by atoms with E-state index in [-0.39, 0.29) is 6.10 Å². The Balaban J connectivity index is 4.31. The molecule has 0 heterocycles. The maximum Gasteiger partial charge on any atom is 0.500 e. The van der Waals surface area contributed by atoms with Gasteiger partial charge in [0.15, 0.2) is 0 Å². The summed E-state index contributed by atoms with van der Waals surface area (Å²) in [7, 11) is -2.40.